The predicted molar refractivity (Wildman–Crippen MR) is 150 cm³/mol. The van der Waals surface area contributed by atoms with Crippen molar-refractivity contribution in [1.82, 2.24) is 20.9 Å². The number of hydrogen-bond acceptors (Lipinski definition) is 7. The normalized spacial score (nSPS) is 14.2. The van der Waals surface area contributed by atoms with Crippen molar-refractivity contribution in [3.05, 3.63) is 36.0 Å². The Morgan fingerprint density at radius 2 is 1.57 bits per heavy atom. The number of hydrogen-bond donors (Lipinski definition) is 8. The number of benzene rings is 1. The van der Waals surface area contributed by atoms with Crippen LogP contribution in [0.25, 0.3) is 10.9 Å². The molecular formula is C27H41N7O6. The van der Waals surface area contributed by atoms with Crippen LogP contribution in [-0.4, -0.2) is 70.4 Å². The van der Waals surface area contributed by atoms with Gasteiger partial charge in [0.15, 0.2) is 0 Å². The molecule has 0 aliphatic rings. The van der Waals surface area contributed by atoms with Crippen LogP contribution >= 0.6 is 0 Å². The number of carboxylic acids is 1. The average molecular weight is 560 g/mol. The topological polar surface area (TPSA) is 236 Å². The van der Waals surface area contributed by atoms with E-state index in [-0.39, 0.29) is 19.3 Å². The SMILES string of the molecule is CC(C)C(NC(=O)C(Cc1c[nH]c2ccccc12)NC(=O)C(CCC(N)=O)NC(=O)C(N)CCCCN)C(=O)O. The number of unbranched alkanes of at least 4 members (excludes halogenated alkanes) is 1. The summed E-state index contributed by atoms with van der Waals surface area (Å²) in [6, 6.07) is 2.90. The van der Waals surface area contributed by atoms with Gasteiger partial charge < -0.3 is 43.2 Å². The molecule has 0 bridgehead atoms. The molecule has 40 heavy (non-hydrogen) atoms. The zero-order chi connectivity index (χ0) is 29.8. The molecule has 4 atom stereocenters. The molecule has 0 fully saturated rings. The van der Waals surface area contributed by atoms with E-state index in [9.17, 15) is 29.1 Å². The van der Waals surface area contributed by atoms with Crippen LogP contribution in [0.4, 0.5) is 0 Å². The van der Waals surface area contributed by atoms with Crippen LogP contribution in [0.15, 0.2) is 30.5 Å². The Labute approximate surface area is 233 Å². The smallest absolute Gasteiger partial charge is 0.326 e. The van der Waals surface area contributed by atoms with Crippen LogP contribution in [0.2, 0.25) is 0 Å². The van der Waals surface area contributed by atoms with Crippen LogP contribution < -0.4 is 33.2 Å². The molecule has 13 heteroatoms. The highest BCUT2D eigenvalue weighted by Gasteiger charge is 2.32. The Bertz CT molecular complexity index is 1180. The van der Waals surface area contributed by atoms with E-state index in [0.29, 0.717) is 31.4 Å². The molecule has 2 rings (SSSR count). The minimum absolute atomic E-state index is 0.0289. The summed E-state index contributed by atoms with van der Waals surface area (Å²) in [4.78, 5) is 65.7. The number of nitrogens with two attached hydrogens (primary N) is 3. The molecule has 11 N–H and O–H groups in total. The first-order valence-electron chi connectivity index (χ1n) is 13.4. The second-order valence-electron chi connectivity index (χ2n) is 10.2. The van der Waals surface area contributed by atoms with Crippen molar-refractivity contribution in [3.63, 3.8) is 0 Å². The number of rotatable bonds is 17. The Morgan fingerprint density at radius 1 is 0.925 bits per heavy atom. The van der Waals surface area contributed by atoms with Crippen molar-refractivity contribution in [2.24, 2.45) is 23.1 Å². The fourth-order valence-electron chi connectivity index (χ4n) is 4.24. The van der Waals surface area contributed by atoms with Gasteiger partial charge in [0.1, 0.15) is 18.1 Å². The van der Waals surface area contributed by atoms with Gasteiger partial charge in [0.2, 0.25) is 23.6 Å². The zero-order valence-electron chi connectivity index (χ0n) is 22.9. The van der Waals surface area contributed by atoms with Crippen molar-refractivity contribution >= 4 is 40.5 Å². The van der Waals surface area contributed by atoms with E-state index in [1.165, 1.54) is 0 Å². The van der Waals surface area contributed by atoms with E-state index >= 15 is 0 Å². The van der Waals surface area contributed by atoms with Gasteiger partial charge in [-0.25, -0.2) is 4.79 Å². The van der Waals surface area contributed by atoms with E-state index in [1.807, 2.05) is 24.3 Å². The molecule has 2 aromatic rings. The van der Waals surface area contributed by atoms with E-state index in [0.717, 1.165) is 10.9 Å². The van der Waals surface area contributed by atoms with Crippen LogP contribution in [0.3, 0.4) is 0 Å². The molecule has 1 heterocycles. The maximum atomic E-state index is 13.4. The second kappa shape index (κ2) is 15.6. The fraction of sp³-hybridized carbons (Fsp3) is 0.519. The van der Waals surface area contributed by atoms with Crippen molar-refractivity contribution in [2.75, 3.05) is 6.54 Å². The molecule has 0 saturated carbocycles. The number of carboxylic acid groups (broad SMARTS) is 1. The maximum Gasteiger partial charge on any atom is 0.326 e. The molecule has 0 aliphatic carbocycles. The Hall–Kier alpha value is -3.97. The summed E-state index contributed by atoms with van der Waals surface area (Å²) >= 11 is 0. The van der Waals surface area contributed by atoms with Crippen molar-refractivity contribution in [1.29, 1.82) is 0 Å². The lowest BCUT2D eigenvalue weighted by Crippen LogP contribution is -2.58. The summed E-state index contributed by atoms with van der Waals surface area (Å²) < 4.78 is 0. The molecule has 0 aliphatic heterocycles. The van der Waals surface area contributed by atoms with Crippen molar-refractivity contribution < 1.29 is 29.1 Å². The molecule has 1 aromatic heterocycles. The number of aromatic nitrogens is 1. The number of fused-ring (bicyclic) bond motifs is 1. The van der Waals surface area contributed by atoms with E-state index in [1.54, 1.807) is 20.0 Å². The first kappa shape index (κ1) is 32.2. The Kier molecular flexibility index (Phi) is 12.6. The molecule has 0 saturated heterocycles. The highest BCUT2D eigenvalue weighted by molar-refractivity contribution is 5.95. The standard InChI is InChI=1S/C27H41N7O6/c1-15(2)23(27(39)40)34-26(38)21(13-16-14-31-19-9-4-3-7-17(16)19)33-25(37)20(10-11-22(30)35)32-24(36)18(29)8-5-6-12-28/h3-4,7,9,14-15,18,20-21,23,31H,5-6,8,10-13,28-29H2,1-2H3,(H2,30,35)(H,32,36)(H,33,37)(H,34,38)(H,39,40). The van der Waals surface area contributed by atoms with Crippen LogP contribution in [0, 0.1) is 5.92 Å². The van der Waals surface area contributed by atoms with Gasteiger partial charge in [-0.05, 0) is 43.4 Å². The lowest BCUT2D eigenvalue weighted by atomic mass is 10.0. The van der Waals surface area contributed by atoms with Gasteiger partial charge in [-0.15, -0.1) is 0 Å². The number of carbonyl (C=O) groups is 5. The third-order valence-corrected chi connectivity index (χ3v) is 6.58. The summed E-state index contributed by atoms with van der Waals surface area (Å²) in [5.41, 5.74) is 18.3. The van der Waals surface area contributed by atoms with Gasteiger partial charge in [0.25, 0.3) is 0 Å². The van der Waals surface area contributed by atoms with Gasteiger partial charge in [-0.1, -0.05) is 38.5 Å². The van der Waals surface area contributed by atoms with Crippen molar-refractivity contribution in [2.45, 2.75) is 76.5 Å². The average Bonchev–Trinajstić information content (AvgIpc) is 3.31. The quantitative estimate of drug-likeness (QED) is 0.119. The Balaban J connectivity index is 2.30. The van der Waals surface area contributed by atoms with Gasteiger partial charge >= 0.3 is 5.97 Å². The second-order valence-corrected chi connectivity index (χ2v) is 10.2. The molecule has 0 radical (unpaired) electrons. The number of para-hydroxylation sites is 1. The molecule has 13 nitrogen and oxygen atoms in total. The fourth-order valence-corrected chi connectivity index (χ4v) is 4.24. The lowest BCUT2D eigenvalue weighted by molar-refractivity contribution is -0.143. The highest BCUT2D eigenvalue weighted by Crippen LogP contribution is 2.19. The molecular weight excluding hydrogens is 518 g/mol. The number of aliphatic carboxylic acids is 1. The molecule has 4 unspecified atom stereocenters. The molecule has 4 amide bonds. The lowest BCUT2D eigenvalue weighted by Gasteiger charge is -2.26. The van der Waals surface area contributed by atoms with E-state index < -0.39 is 59.7 Å². The molecule has 1 aromatic carbocycles. The number of primary amides is 1. The van der Waals surface area contributed by atoms with Gasteiger partial charge in [-0.2, -0.15) is 0 Å². The largest absolute Gasteiger partial charge is 0.480 e. The number of amides is 4. The highest BCUT2D eigenvalue weighted by atomic mass is 16.4. The molecule has 0 spiro atoms. The third-order valence-electron chi connectivity index (χ3n) is 6.58. The number of H-pyrrole nitrogens is 1. The monoisotopic (exact) mass is 559 g/mol. The first-order chi connectivity index (χ1) is 18.9. The summed E-state index contributed by atoms with van der Waals surface area (Å²) in [6.45, 7) is 3.76. The van der Waals surface area contributed by atoms with Crippen LogP contribution in [0.5, 0.6) is 0 Å². The minimum Gasteiger partial charge on any atom is -0.480 e. The minimum atomic E-state index is -1.21. The number of nitrogens with one attached hydrogen (secondary N) is 4. The van der Waals surface area contributed by atoms with Gasteiger partial charge in [-0.3, -0.25) is 19.2 Å². The van der Waals surface area contributed by atoms with E-state index in [4.69, 9.17) is 17.2 Å². The summed E-state index contributed by atoms with van der Waals surface area (Å²) in [5.74, 6) is -4.35. The summed E-state index contributed by atoms with van der Waals surface area (Å²) in [5, 5.41) is 18.1. The van der Waals surface area contributed by atoms with Crippen LogP contribution in [0.1, 0.15) is 51.5 Å². The maximum absolute atomic E-state index is 13.4. The van der Waals surface area contributed by atoms with Gasteiger partial charge in [0.05, 0.1) is 6.04 Å². The Morgan fingerprint density at radius 3 is 2.20 bits per heavy atom. The van der Waals surface area contributed by atoms with E-state index in [2.05, 4.69) is 20.9 Å². The molecule has 220 valence electrons. The number of aromatic amines is 1. The van der Waals surface area contributed by atoms with Crippen molar-refractivity contribution in [3.8, 4) is 0 Å². The first-order valence-corrected chi connectivity index (χ1v) is 13.4. The summed E-state index contributed by atoms with van der Waals surface area (Å²) in [6.07, 6.45) is 3.08. The summed E-state index contributed by atoms with van der Waals surface area (Å²) in [7, 11) is 0. The zero-order valence-corrected chi connectivity index (χ0v) is 22.9. The number of carbonyl (C=O) groups excluding carboxylic acids is 4. The van der Waals surface area contributed by atoms with Gasteiger partial charge in [0, 0.05) is 29.9 Å². The van der Waals surface area contributed by atoms with Crippen LogP contribution in [-0.2, 0) is 30.4 Å². The third kappa shape index (κ3) is 9.65. The predicted octanol–water partition coefficient (Wildman–Crippen LogP) is -0.373.